The molecular weight excluding hydrogens is 348 g/mol. The molecule has 0 fully saturated rings. The van der Waals surface area contributed by atoms with Gasteiger partial charge in [0.1, 0.15) is 0 Å². The molecule has 0 bridgehead atoms. The lowest BCUT2D eigenvalue weighted by atomic mass is 9.99. The predicted octanol–water partition coefficient (Wildman–Crippen LogP) is 1.81. The molecule has 0 saturated heterocycles. The van der Waals surface area contributed by atoms with E-state index in [-0.39, 0.29) is 19.3 Å². The Balaban J connectivity index is 4.03. The Morgan fingerprint density at radius 2 is 1.19 bits per heavy atom. The summed E-state index contributed by atoms with van der Waals surface area (Å²) < 4.78 is 0. The number of unbranched alkanes of at least 4 members (excludes halogenated alkanes) is 1. The van der Waals surface area contributed by atoms with Crippen LogP contribution in [0.25, 0.3) is 0 Å². The Bertz CT molecular complexity index is 398. The lowest BCUT2D eigenvalue weighted by molar-refractivity contribution is 0.0260. The first-order chi connectivity index (χ1) is 12.8. The summed E-state index contributed by atoms with van der Waals surface area (Å²) in [5.41, 5.74) is 0. The van der Waals surface area contributed by atoms with Crippen LogP contribution in [-0.2, 0) is 0 Å². The fourth-order valence-electron chi connectivity index (χ4n) is 2.93. The molecule has 0 aliphatic carbocycles. The van der Waals surface area contributed by atoms with Gasteiger partial charge in [-0.15, -0.1) is 0 Å². The summed E-state index contributed by atoms with van der Waals surface area (Å²) in [6, 6.07) is 0. The first-order valence-corrected chi connectivity index (χ1v) is 10.1. The Morgan fingerprint density at radius 3 is 1.78 bits per heavy atom. The van der Waals surface area contributed by atoms with Crippen LogP contribution in [-0.4, -0.2) is 67.3 Å². The summed E-state index contributed by atoms with van der Waals surface area (Å²) in [5.74, 6) is 0. The topological polar surface area (TPSA) is 121 Å². The summed E-state index contributed by atoms with van der Waals surface area (Å²) in [4.78, 5) is 0. The predicted molar refractivity (Wildman–Crippen MR) is 107 cm³/mol. The van der Waals surface area contributed by atoms with E-state index in [2.05, 4.69) is 0 Å². The zero-order valence-corrected chi connectivity index (χ0v) is 16.8. The largest absolute Gasteiger partial charge is 0.393 e. The molecule has 0 radical (unpaired) electrons. The van der Waals surface area contributed by atoms with Crippen molar-refractivity contribution in [2.45, 2.75) is 108 Å². The highest BCUT2D eigenvalue weighted by molar-refractivity contribution is 4.91. The van der Waals surface area contributed by atoms with Gasteiger partial charge in [0.2, 0.25) is 0 Å². The van der Waals surface area contributed by atoms with E-state index in [9.17, 15) is 30.6 Å². The average molecular weight is 389 g/mol. The van der Waals surface area contributed by atoms with Crippen molar-refractivity contribution in [3.8, 4) is 0 Å². The van der Waals surface area contributed by atoms with Gasteiger partial charge in [0.05, 0.1) is 36.6 Å². The van der Waals surface area contributed by atoms with Crippen LogP contribution in [0.3, 0.4) is 0 Å². The molecule has 6 atom stereocenters. The van der Waals surface area contributed by atoms with Crippen LogP contribution >= 0.6 is 0 Å². The molecule has 6 unspecified atom stereocenters. The number of aliphatic hydroxyl groups excluding tert-OH is 6. The van der Waals surface area contributed by atoms with Gasteiger partial charge in [0.25, 0.3) is 0 Å². The van der Waals surface area contributed by atoms with Crippen LogP contribution in [0.15, 0.2) is 24.3 Å². The van der Waals surface area contributed by atoms with E-state index in [0.29, 0.717) is 25.7 Å². The second-order valence-electron chi connectivity index (χ2n) is 7.39. The van der Waals surface area contributed by atoms with Crippen molar-refractivity contribution in [1.29, 1.82) is 0 Å². The molecule has 0 rings (SSSR count). The van der Waals surface area contributed by atoms with Crippen LogP contribution in [0.2, 0.25) is 0 Å². The second-order valence-corrected chi connectivity index (χ2v) is 7.39. The minimum absolute atomic E-state index is 0.0771. The summed E-state index contributed by atoms with van der Waals surface area (Å²) in [7, 11) is 0. The first-order valence-electron chi connectivity index (χ1n) is 10.1. The zero-order valence-electron chi connectivity index (χ0n) is 16.8. The highest BCUT2D eigenvalue weighted by atomic mass is 16.3. The van der Waals surface area contributed by atoms with Crippen LogP contribution in [0.4, 0.5) is 0 Å². The maximum Gasteiger partial charge on any atom is 0.0745 e. The molecule has 0 saturated carbocycles. The first kappa shape index (κ1) is 26.2. The molecule has 0 aromatic heterocycles. The molecular formula is C21H40O6. The van der Waals surface area contributed by atoms with E-state index in [1.165, 1.54) is 6.08 Å². The van der Waals surface area contributed by atoms with Gasteiger partial charge >= 0.3 is 0 Å². The van der Waals surface area contributed by atoms with Crippen LogP contribution < -0.4 is 0 Å². The van der Waals surface area contributed by atoms with Crippen LogP contribution in [0.5, 0.6) is 0 Å². The molecule has 6 nitrogen and oxygen atoms in total. The minimum atomic E-state index is -0.880. The van der Waals surface area contributed by atoms with Gasteiger partial charge in [-0.25, -0.2) is 0 Å². The van der Waals surface area contributed by atoms with Crippen molar-refractivity contribution >= 4 is 0 Å². The minimum Gasteiger partial charge on any atom is -0.393 e. The molecule has 6 heteroatoms. The molecule has 0 aliphatic heterocycles. The molecule has 27 heavy (non-hydrogen) atoms. The van der Waals surface area contributed by atoms with Gasteiger partial charge in [-0.05, 0) is 45.4 Å². The SMILES string of the molecule is C/C=C/CC(O)CC(O)CC(O)CC(O)/C=C/CC(O)CC(O)CCCC. The average Bonchev–Trinajstić information content (AvgIpc) is 2.57. The maximum absolute atomic E-state index is 9.96. The van der Waals surface area contributed by atoms with Crippen molar-refractivity contribution in [2.75, 3.05) is 0 Å². The highest BCUT2D eigenvalue weighted by Crippen LogP contribution is 2.13. The second kappa shape index (κ2) is 16.2. The third-order valence-corrected chi connectivity index (χ3v) is 4.45. The van der Waals surface area contributed by atoms with E-state index in [1.54, 1.807) is 6.08 Å². The summed E-state index contributed by atoms with van der Waals surface area (Å²) in [6.07, 6.45) is 6.46. The Hall–Kier alpha value is -0.760. The Kier molecular flexibility index (Phi) is 15.8. The van der Waals surface area contributed by atoms with Gasteiger partial charge < -0.3 is 30.6 Å². The lowest BCUT2D eigenvalue weighted by Crippen LogP contribution is -2.25. The Labute approximate surface area is 163 Å². The monoisotopic (exact) mass is 388 g/mol. The van der Waals surface area contributed by atoms with Gasteiger partial charge in [0.15, 0.2) is 0 Å². The third-order valence-electron chi connectivity index (χ3n) is 4.45. The molecule has 0 aromatic carbocycles. The van der Waals surface area contributed by atoms with Crippen molar-refractivity contribution < 1.29 is 30.6 Å². The summed E-state index contributed by atoms with van der Waals surface area (Å²) in [6.45, 7) is 3.90. The number of aliphatic hydroxyl groups is 6. The van der Waals surface area contributed by atoms with E-state index in [0.717, 1.165) is 12.8 Å². The molecule has 160 valence electrons. The third kappa shape index (κ3) is 15.9. The van der Waals surface area contributed by atoms with Crippen molar-refractivity contribution in [3.63, 3.8) is 0 Å². The van der Waals surface area contributed by atoms with Crippen molar-refractivity contribution in [3.05, 3.63) is 24.3 Å². The van der Waals surface area contributed by atoms with Gasteiger partial charge in [-0.2, -0.15) is 0 Å². The number of hydrogen-bond donors (Lipinski definition) is 6. The quantitative estimate of drug-likeness (QED) is 0.224. The standard InChI is InChI=1S/C21H40O6/c1-3-5-8-16(22)12-18(24)10-7-11-19(25)14-21(27)15-20(26)13-17(23)9-6-4-2/h4,6-7,11,16-27H,3,5,8-10,12-15H2,1-2H3/b6-4+,11-7+. The van der Waals surface area contributed by atoms with Crippen molar-refractivity contribution in [2.24, 2.45) is 0 Å². The fourth-order valence-corrected chi connectivity index (χ4v) is 2.93. The highest BCUT2D eigenvalue weighted by Gasteiger charge is 2.17. The summed E-state index contributed by atoms with van der Waals surface area (Å²) >= 11 is 0. The van der Waals surface area contributed by atoms with Gasteiger partial charge in [0, 0.05) is 6.42 Å². The number of hydrogen-bond acceptors (Lipinski definition) is 6. The van der Waals surface area contributed by atoms with Gasteiger partial charge in [-0.1, -0.05) is 44.1 Å². The normalized spacial score (nSPS) is 19.3. The summed E-state index contributed by atoms with van der Waals surface area (Å²) in [5, 5.41) is 59.1. The van der Waals surface area contributed by atoms with Crippen LogP contribution in [0.1, 0.15) is 71.6 Å². The number of rotatable bonds is 16. The van der Waals surface area contributed by atoms with E-state index >= 15 is 0 Å². The zero-order chi connectivity index (χ0) is 20.7. The molecule has 0 aliphatic rings. The smallest absolute Gasteiger partial charge is 0.0745 e. The Morgan fingerprint density at radius 1 is 0.667 bits per heavy atom. The molecule has 0 spiro atoms. The van der Waals surface area contributed by atoms with E-state index < -0.39 is 36.6 Å². The van der Waals surface area contributed by atoms with Crippen molar-refractivity contribution in [1.82, 2.24) is 0 Å². The number of allylic oxidation sites excluding steroid dienone is 1. The molecule has 6 N–H and O–H groups in total. The van der Waals surface area contributed by atoms with E-state index in [1.807, 2.05) is 26.0 Å². The lowest BCUT2D eigenvalue weighted by Gasteiger charge is -2.19. The fraction of sp³-hybridized carbons (Fsp3) is 0.810. The maximum atomic E-state index is 9.96. The molecule has 0 aromatic rings. The molecule has 0 amide bonds. The van der Waals surface area contributed by atoms with Crippen LogP contribution in [0, 0.1) is 0 Å². The van der Waals surface area contributed by atoms with Gasteiger partial charge in [-0.3, -0.25) is 0 Å². The van der Waals surface area contributed by atoms with E-state index in [4.69, 9.17) is 0 Å². The molecule has 0 heterocycles.